The molecule has 0 radical (unpaired) electrons. The molecule has 0 atom stereocenters. The van der Waals surface area contributed by atoms with E-state index in [2.05, 4.69) is 10.4 Å². The number of anilines is 1. The number of halogens is 4. The van der Waals surface area contributed by atoms with Gasteiger partial charge in [-0.2, -0.15) is 13.2 Å². The Morgan fingerprint density at radius 3 is 2.67 bits per heavy atom. The van der Waals surface area contributed by atoms with E-state index in [0.29, 0.717) is 23.5 Å². The van der Waals surface area contributed by atoms with Gasteiger partial charge >= 0.3 is 6.18 Å². The summed E-state index contributed by atoms with van der Waals surface area (Å²) in [4.78, 5) is 3.92. The maximum absolute atomic E-state index is 13.1. The molecule has 0 saturated heterocycles. The van der Waals surface area contributed by atoms with Crippen molar-refractivity contribution in [3.05, 3.63) is 53.5 Å². The van der Waals surface area contributed by atoms with Crippen molar-refractivity contribution in [2.24, 2.45) is 5.84 Å². The van der Waals surface area contributed by atoms with E-state index in [0.717, 1.165) is 6.07 Å². The number of hydrazine groups is 1. The van der Waals surface area contributed by atoms with Gasteiger partial charge in [0.25, 0.3) is 0 Å². The van der Waals surface area contributed by atoms with Gasteiger partial charge in [0, 0.05) is 11.8 Å². The monoisotopic (exact) mass is 301 g/mol. The number of ether oxygens (including phenoxy) is 1. The average Bonchev–Trinajstić information content (AvgIpc) is 2.45. The lowest BCUT2D eigenvalue weighted by Gasteiger charge is -2.12. The van der Waals surface area contributed by atoms with Crippen molar-refractivity contribution in [1.82, 2.24) is 4.98 Å². The molecule has 2 rings (SSSR count). The number of nitrogens with two attached hydrogens (primary N) is 1. The van der Waals surface area contributed by atoms with Gasteiger partial charge in [-0.05, 0) is 24.3 Å². The molecule has 0 spiro atoms. The van der Waals surface area contributed by atoms with Gasteiger partial charge in [-0.1, -0.05) is 6.07 Å². The first-order chi connectivity index (χ1) is 9.91. The van der Waals surface area contributed by atoms with Crippen molar-refractivity contribution in [3.63, 3.8) is 0 Å². The van der Waals surface area contributed by atoms with Crippen LogP contribution in [-0.4, -0.2) is 4.98 Å². The van der Waals surface area contributed by atoms with Crippen molar-refractivity contribution < 1.29 is 22.3 Å². The molecule has 0 aliphatic rings. The molecule has 1 aromatic carbocycles. The number of hydrogen-bond donors (Lipinski definition) is 2. The van der Waals surface area contributed by atoms with Crippen LogP contribution in [0.1, 0.15) is 11.1 Å². The van der Waals surface area contributed by atoms with E-state index in [1.807, 2.05) is 0 Å². The molecule has 0 bridgehead atoms. The zero-order chi connectivity index (χ0) is 15.5. The van der Waals surface area contributed by atoms with Crippen molar-refractivity contribution in [2.75, 3.05) is 5.43 Å². The lowest BCUT2D eigenvalue weighted by Crippen LogP contribution is -2.12. The fourth-order valence-electron chi connectivity index (χ4n) is 1.66. The predicted molar refractivity (Wildman–Crippen MR) is 67.8 cm³/mol. The van der Waals surface area contributed by atoms with E-state index in [1.165, 1.54) is 6.20 Å². The maximum atomic E-state index is 13.1. The maximum Gasteiger partial charge on any atom is 0.419 e. The number of aromatic nitrogens is 1. The normalized spacial score (nSPS) is 11.3. The smallest absolute Gasteiger partial charge is 0.419 e. The Labute approximate surface area is 117 Å². The van der Waals surface area contributed by atoms with Gasteiger partial charge < -0.3 is 10.2 Å². The van der Waals surface area contributed by atoms with Gasteiger partial charge in [0.15, 0.2) is 0 Å². The van der Waals surface area contributed by atoms with Crippen LogP contribution >= 0.6 is 0 Å². The molecule has 0 saturated carbocycles. The molecule has 0 aliphatic heterocycles. The lowest BCUT2D eigenvalue weighted by atomic mass is 10.2. The number of nitrogen functional groups attached to an aromatic ring is 1. The van der Waals surface area contributed by atoms with Gasteiger partial charge in [0.2, 0.25) is 0 Å². The molecule has 21 heavy (non-hydrogen) atoms. The van der Waals surface area contributed by atoms with Gasteiger partial charge in [0.05, 0.1) is 5.56 Å². The van der Waals surface area contributed by atoms with E-state index < -0.39 is 17.6 Å². The molecular formula is C13H11F4N3O. The summed E-state index contributed by atoms with van der Waals surface area (Å²) < 4.78 is 56.1. The molecule has 1 aromatic heterocycles. The van der Waals surface area contributed by atoms with Gasteiger partial charge in [-0.3, -0.25) is 0 Å². The number of pyridine rings is 1. The minimum atomic E-state index is -4.78. The summed E-state index contributed by atoms with van der Waals surface area (Å²) in [6.07, 6.45) is -3.28. The highest BCUT2D eigenvalue weighted by Gasteiger charge is 2.34. The number of alkyl halides is 3. The van der Waals surface area contributed by atoms with Gasteiger partial charge in [-0.25, -0.2) is 15.2 Å². The van der Waals surface area contributed by atoms with Gasteiger partial charge in [0.1, 0.15) is 24.0 Å². The molecule has 2 aromatic rings. The fraction of sp³-hybridized carbons (Fsp3) is 0.154. The Hall–Kier alpha value is -2.35. The summed E-state index contributed by atoms with van der Waals surface area (Å²) in [5.74, 6) is 4.15. The second-order valence-corrected chi connectivity index (χ2v) is 4.08. The Morgan fingerprint density at radius 2 is 2.00 bits per heavy atom. The molecule has 0 unspecified atom stereocenters. The van der Waals surface area contributed by atoms with Gasteiger partial charge in [-0.15, -0.1) is 0 Å². The average molecular weight is 301 g/mol. The molecule has 0 fully saturated rings. The molecule has 8 heteroatoms. The van der Waals surface area contributed by atoms with Crippen molar-refractivity contribution in [1.29, 1.82) is 0 Å². The molecular weight excluding hydrogens is 290 g/mol. The fourth-order valence-corrected chi connectivity index (χ4v) is 1.66. The van der Waals surface area contributed by atoms with Crippen LogP contribution in [0.5, 0.6) is 5.75 Å². The third kappa shape index (κ3) is 3.60. The van der Waals surface area contributed by atoms with Crippen molar-refractivity contribution in [2.45, 2.75) is 12.8 Å². The van der Waals surface area contributed by atoms with Crippen LogP contribution in [0, 0.1) is 5.82 Å². The van der Waals surface area contributed by atoms with E-state index >= 15 is 0 Å². The topological polar surface area (TPSA) is 60.2 Å². The highest BCUT2D eigenvalue weighted by atomic mass is 19.4. The number of hydrogen-bond acceptors (Lipinski definition) is 4. The zero-order valence-corrected chi connectivity index (χ0v) is 10.6. The highest BCUT2D eigenvalue weighted by Crippen LogP contribution is 2.33. The summed E-state index contributed by atoms with van der Waals surface area (Å²) in [5, 5.41) is 0. The Kier molecular flexibility index (Phi) is 4.27. The largest absolute Gasteiger partial charge is 0.489 e. The van der Waals surface area contributed by atoms with E-state index in [4.69, 9.17) is 10.6 Å². The third-order valence-corrected chi connectivity index (χ3v) is 2.67. The molecule has 112 valence electrons. The number of nitrogens with one attached hydrogen (secondary N) is 1. The Balaban J connectivity index is 2.17. The van der Waals surface area contributed by atoms with Crippen LogP contribution in [0.15, 0.2) is 36.5 Å². The predicted octanol–water partition coefficient (Wildman–Crippen LogP) is 3.10. The number of nitrogens with zero attached hydrogens (tertiary/aromatic N) is 1. The van der Waals surface area contributed by atoms with Crippen LogP contribution in [0.4, 0.5) is 23.4 Å². The Morgan fingerprint density at radius 1 is 1.24 bits per heavy atom. The van der Waals surface area contributed by atoms with Crippen LogP contribution < -0.4 is 16.0 Å². The first kappa shape index (κ1) is 15.0. The van der Waals surface area contributed by atoms with E-state index in [9.17, 15) is 17.6 Å². The van der Waals surface area contributed by atoms with Crippen LogP contribution in [0.25, 0.3) is 0 Å². The second-order valence-electron chi connectivity index (χ2n) is 4.08. The standard InChI is InChI=1S/C13H11F4N3O/c14-11-4-3-9(6-10(11)13(15,16)17)21-7-8-2-1-5-19-12(8)20-18/h1-6H,7,18H2,(H,19,20). The molecule has 3 N–H and O–H groups in total. The first-order valence-corrected chi connectivity index (χ1v) is 5.82. The molecule has 4 nitrogen and oxygen atoms in total. The Bertz CT molecular complexity index is 631. The summed E-state index contributed by atoms with van der Waals surface area (Å²) in [5.41, 5.74) is 1.53. The zero-order valence-electron chi connectivity index (χ0n) is 10.6. The summed E-state index contributed by atoms with van der Waals surface area (Å²) in [6, 6.07) is 5.73. The number of rotatable bonds is 4. The first-order valence-electron chi connectivity index (χ1n) is 5.82. The minimum absolute atomic E-state index is 0.0592. The minimum Gasteiger partial charge on any atom is -0.489 e. The van der Waals surface area contributed by atoms with Crippen molar-refractivity contribution >= 4 is 5.82 Å². The summed E-state index contributed by atoms with van der Waals surface area (Å²) in [6.45, 7) is -0.0592. The molecule has 0 aliphatic carbocycles. The van der Waals surface area contributed by atoms with Crippen LogP contribution in [0.3, 0.4) is 0 Å². The summed E-state index contributed by atoms with van der Waals surface area (Å²) in [7, 11) is 0. The van der Waals surface area contributed by atoms with E-state index in [-0.39, 0.29) is 12.4 Å². The number of benzene rings is 1. The molecule has 1 heterocycles. The third-order valence-electron chi connectivity index (χ3n) is 2.67. The molecule has 0 amide bonds. The van der Waals surface area contributed by atoms with E-state index in [1.54, 1.807) is 12.1 Å². The second kappa shape index (κ2) is 5.96. The SMILES string of the molecule is NNc1ncccc1COc1ccc(F)c(C(F)(F)F)c1. The quantitative estimate of drug-likeness (QED) is 0.517. The van der Waals surface area contributed by atoms with Crippen LogP contribution in [0.2, 0.25) is 0 Å². The van der Waals surface area contributed by atoms with Crippen molar-refractivity contribution in [3.8, 4) is 5.75 Å². The summed E-state index contributed by atoms with van der Waals surface area (Å²) >= 11 is 0. The van der Waals surface area contributed by atoms with Crippen LogP contribution in [-0.2, 0) is 12.8 Å². The highest BCUT2D eigenvalue weighted by molar-refractivity contribution is 5.42. The lowest BCUT2D eigenvalue weighted by molar-refractivity contribution is -0.140.